The minimum absolute atomic E-state index is 0.0735. The zero-order valence-corrected chi connectivity index (χ0v) is 10.2. The molecule has 0 aromatic heterocycles. The zero-order valence-electron chi connectivity index (χ0n) is 10.2. The van der Waals surface area contributed by atoms with Gasteiger partial charge in [0.2, 0.25) is 5.91 Å². The number of likely N-dealkylation sites (tertiary alicyclic amines) is 1. The molecule has 0 radical (unpaired) electrons. The molecule has 0 spiro atoms. The first-order chi connectivity index (χ1) is 7.79. The van der Waals surface area contributed by atoms with Gasteiger partial charge < -0.3 is 10.2 Å². The Morgan fingerprint density at radius 1 is 1.47 bits per heavy atom. The van der Waals surface area contributed by atoms with Crippen LogP contribution in [0, 0.1) is 5.92 Å². The zero-order chi connectivity index (χ0) is 13.1. The van der Waals surface area contributed by atoms with E-state index in [0.717, 1.165) is 0 Å². The van der Waals surface area contributed by atoms with Gasteiger partial charge in [-0.05, 0) is 19.8 Å². The molecule has 0 bridgehead atoms. The Morgan fingerprint density at radius 3 is 2.59 bits per heavy atom. The first-order valence-corrected chi connectivity index (χ1v) is 5.86. The van der Waals surface area contributed by atoms with Crippen molar-refractivity contribution >= 4 is 5.91 Å². The highest BCUT2D eigenvalue weighted by atomic mass is 19.4. The van der Waals surface area contributed by atoms with Crippen LogP contribution in [0.2, 0.25) is 0 Å². The van der Waals surface area contributed by atoms with Gasteiger partial charge >= 0.3 is 6.18 Å². The van der Waals surface area contributed by atoms with E-state index in [1.807, 2.05) is 13.8 Å². The van der Waals surface area contributed by atoms with Crippen LogP contribution in [0.5, 0.6) is 0 Å². The summed E-state index contributed by atoms with van der Waals surface area (Å²) >= 11 is 0. The number of alkyl halides is 3. The SMILES string of the molecule is CC(C)N1CC(CNCCC(F)(F)F)CC1=O. The maximum absolute atomic E-state index is 11.9. The van der Waals surface area contributed by atoms with Gasteiger partial charge in [-0.15, -0.1) is 0 Å². The third-order valence-electron chi connectivity index (χ3n) is 2.88. The van der Waals surface area contributed by atoms with Crippen LogP contribution in [0.15, 0.2) is 0 Å². The molecule has 3 nitrogen and oxygen atoms in total. The summed E-state index contributed by atoms with van der Waals surface area (Å²) < 4.78 is 35.7. The first kappa shape index (κ1) is 14.3. The monoisotopic (exact) mass is 252 g/mol. The number of carbonyl (C=O) groups excluding carboxylic acids is 1. The van der Waals surface area contributed by atoms with Crippen LogP contribution in [-0.4, -0.2) is 42.7 Å². The van der Waals surface area contributed by atoms with Gasteiger partial charge in [0.15, 0.2) is 0 Å². The highest BCUT2D eigenvalue weighted by Crippen LogP contribution is 2.20. The lowest BCUT2D eigenvalue weighted by Crippen LogP contribution is -2.33. The fraction of sp³-hybridized carbons (Fsp3) is 0.909. The molecule has 1 aliphatic rings. The van der Waals surface area contributed by atoms with Gasteiger partial charge in [0.25, 0.3) is 0 Å². The smallest absolute Gasteiger partial charge is 0.340 e. The third kappa shape index (κ3) is 4.93. The van der Waals surface area contributed by atoms with Crippen molar-refractivity contribution in [2.45, 2.75) is 38.9 Å². The van der Waals surface area contributed by atoms with Crippen LogP contribution in [0.3, 0.4) is 0 Å². The average Bonchev–Trinajstić information content (AvgIpc) is 2.53. The molecule has 1 saturated heterocycles. The Kier molecular flexibility index (Phi) is 4.80. The number of nitrogens with one attached hydrogen (secondary N) is 1. The lowest BCUT2D eigenvalue weighted by Gasteiger charge is -2.21. The fourth-order valence-electron chi connectivity index (χ4n) is 1.98. The largest absolute Gasteiger partial charge is 0.390 e. The molecule has 1 rings (SSSR count). The third-order valence-corrected chi connectivity index (χ3v) is 2.88. The summed E-state index contributed by atoms with van der Waals surface area (Å²) in [6, 6.07) is 0.169. The second-order valence-electron chi connectivity index (χ2n) is 4.78. The van der Waals surface area contributed by atoms with Crippen molar-refractivity contribution in [1.29, 1.82) is 0 Å². The molecule has 0 aliphatic carbocycles. The Labute approximate surface area is 99.4 Å². The minimum Gasteiger partial charge on any atom is -0.340 e. The normalized spacial score (nSPS) is 21.6. The van der Waals surface area contributed by atoms with Crippen LogP contribution in [0.1, 0.15) is 26.7 Å². The molecule has 6 heteroatoms. The van der Waals surface area contributed by atoms with Crippen molar-refractivity contribution < 1.29 is 18.0 Å². The summed E-state index contributed by atoms with van der Waals surface area (Å²) in [4.78, 5) is 13.3. The van der Waals surface area contributed by atoms with Crippen LogP contribution in [-0.2, 0) is 4.79 Å². The predicted molar refractivity (Wildman–Crippen MR) is 58.5 cm³/mol. The van der Waals surface area contributed by atoms with Gasteiger partial charge in [0.05, 0.1) is 6.42 Å². The number of nitrogens with zero attached hydrogens (tertiary/aromatic N) is 1. The summed E-state index contributed by atoms with van der Waals surface area (Å²) in [7, 11) is 0. The number of carbonyl (C=O) groups is 1. The molecule has 1 unspecified atom stereocenters. The van der Waals surface area contributed by atoms with Crippen LogP contribution < -0.4 is 5.32 Å². The van der Waals surface area contributed by atoms with Gasteiger partial charge in [-0.25, -0.2) is 0 Å². The summed E-state index contributed by atoms with van der Waals surface area (Å²) in [5.74, 6) is 0.237. The molecule has 0 aromatic rings. The van der Waals surface area contributed by atoms with Crippen molar-refractivity contribution in [3.8, 4) is 0 Å². The lowest BCUT2D eigenvalue weighted by molar-refractivity contribution is -0.133. The Morgan fingerprint density at radius 2 is 2.12 bits per heavy atom. The van der Waals surface area contributed by atoms with E-state index >= 15 is 0 Å². The quantitative estimate of drug-likeness (QED) is 0.756. The van der Waals surface area contributed by atoms with Gasteiger partial charge in [-0.2, -0.15) is 13.2 Å². The molecular formula is C11H19F3N2O. The van der Waals surface area contributed by atoms with Crippen molar-refractivity contribution in [2.24, 2.45) is 5.92 Å². The van der Waals surface area contributed by atoms with E-state index < -0.39 is 12.6 Å². The van der Waals surface area contributed by atoms with E-state index in [1.54, 1.807) is 4.90 Å². The average molecular weight is 252 g/mol. The maximum Gasteiger partial charge on any atom is 0.390 e. The highest BCUT2D eigenvalue weighted by molar-refractivity contribution is 5.78. The van der Waals surface area contributed by atoms with Gasteiger partial charge in [-0.1, -0.05) is 0 Å². The molecule has 1 aliphatic heterocycles. The van der Waals surface area contributed by atoms with Crippen LogP contribution >= 0.6 is 0 Å². The van der Waals surface area contributed by atoms with E-state index in [0.29, 0.717) is 19.5 Å². The van der Waals surface area contributed by atoms with E-state index in [9.17, 15) is 18.0 Å². The summed E-state index contributed by atoms with van der Waals surface area (Å²) in [6.45, 7) is 4.94. The van der Waals surface area contributed by atoms with E-state index in [2.05, 4.69) is 5.32 Å². The highest BCUT2D eigenvalue weighted by Gasteiger charge is 2.31. The Balaban J connectivity index is 2.20. The second-order valence-corrected chi connectivity index (χ2v) is 4.78. The van der Waals surface area contributed by atoms with E-state index in [1.165, 1.54) is 0 Å². The van der Waals surface area contributed by atoms with Gasteiger partial charge in [0, 0.05) is 32.1 Å². The second kappa shape index (κ2) is 5.71. The lowest BCUT2D eigenvalue weighted by atomic mass is 10.1. The molecule has 17 heavy (non-hydrogen) atoms. The summed E-state index contributed by atoms with van der Waals surface area (Å²) in [5, 5.41) is 2.77. The number of hydrogen-bond acceptors (Lipinski definition) is 2. The number of hydrogen-bond donors (Lipinski definition) is 1. The molecule has 100 valence electrons. The molecular weight excluding hydrogens is 233 g/mol. The molecule has 1 N–H and O–H groups in total. The number of rotatable bonds is 5. The van der Waals surface area contributed by atoms with Crippen molar-refractivity contribution in [2.75, 3.05) is 19.6 Å². The van der Waals surface area contributed by atoms with E-state index in [4.69, 9.17) is 0 Å². The van der Waals surface area contributed by atoms with Crippen LogP contribution in [0.25, 0.3) is 0 Å². The van der Waals surface area contributed by atoms with Crippen molar-refractivity contribution in [1.82, 2.24) is 10.2 Å². The molecule has 0 saturated carbocycles. The molecule has 0 aromatic carbocycles. The predicted octanol–water partition coefficient (Wildman–Crippen LogP) is 1.79. The van der Waals surface area contributed by atoms with Gasteiger partial charge in [-0.3, -0.25) is 4.79 Å². The topological polar surface area (TPSA) is 32.3 Å². The van der Waals surface area contributed by atoms with Gasteiger partial charge in [0.1, 0.15) is 0 Å². The molecule has 1 heterocycles. The summed E-state index contributed by atoms with van der Waals surface area (Å²) in [5.41, 5.74) is 0. The Bertz CT molecular complexity index is 266. The van der Waals surface area contributed by atoms with E-state index in [-0.39, 0.29) is 24.4 Å². The summed E-state index contributed by atoms with van der Waals surface area (Å²) in [6.07, 6.45) is -4.48. The Hall–Kier alpha value is -0.780. The van der Waals surface area contributed by atoms with Crippen LogP contribution in [0.4, 0.5) is 13.2 Å². The number of amides is 1. The first-order valence-electron chi connectivity index (χ1n) is 5.86. The van der Waals surface area contributed by atoms with Crippen molar-refractivity contribution in [3.05, 3.63) is 0 Å². The minimum atomic E-state index is -4.11. The molecule has 1 amide bonds. The standard InChI is InChI=1S/C11H19F3N2O/c1-8(2)16-7-9(5-10(16)17)6-15-4-3-11(12,13)14/h8-9,15H,3-7H2,1-2H3. The fourth-order valence-corrected chi connectivity index (χ4v) is 1.98. The molecule has 1 fully saturated rings. The number of halogens is 3. The molecule has 1 atom stereocenters. The maximum atomic E-state index is 11.9. The van der Waals surface area contributed by atoms with Crippen molar-refractivity contribution in [3.63, 3.8) is 0 Å².